The van der Waals surface area contributed by atoms with Crippen molar-refractivity contribution < 1.29 is 0 Å². The number of halogens is 1. The molecule has 0 amide bonds. The minimum Gasteiger partial charge on any atom is -0.356 e. The number of hydrogen-bond acceptors (Lipinski definition) is 2. The van der Waals surface area contributed by atoms with Crippen LogP contribution in [0.1, 0.15) is 25.8 Å². The maximum Gasteiger partial charge on any atom is 0.132 e. The topological polar surface area (TPSA) is 16.1 Å². The van der Waals surface area contributed by atoms with E-state index in [1.54, 1.807) is 0 Å². The monoisotopic (exact) mass is 238 g/mol. The van der Waals surface area contributed by atoms with Gasteiger partial charge in [-0.05, 0) is 24.3 Å². The average Bonchev–Trinajstić information content (AvgIpc) is 2.32. The average molecular weight is 239 g/mol. The summed E-state index contributed by atoms with van der Waals surface area (Å²) in [4.78, 5) is 6.85. The van der Waals surface area contributed by atoms with Gasteiger partial charge in [0.2, 0.25) is 0 Å². The molecule has 1 fully saturated rings. The van der Waals surface area contributed by atoms with Gasteiger partial charge in [0.05, 0.1) is 5.88 Å². The maximum absolute atomic E-state index is 5.95. The number of pyridine rings is 1. The highest BCUT2D eigenvalue weighted by molar-refractivity contribution is 6.17. The van der Waals surface area contributed by atoms with Crippen molar-refractivity contribution in [2.45, 2.75) is 26.1 Å². The zero-order valence-electron chi connectivity index (χ0n) is 9.99. The molecular weight excluding hydrogens is 220 g/mol. The second kappa shape index (κ2) is 5.05. The summed E-state index contributed by atoms with van der Waals surface area (Å²) in [7, 11) is 0. The van der Waals surface area contributed by atoms with E-state index < -0.39 is 0 Å². The summed E-state index contributed by atoms with van der Waals surface area (Å²) in [5, 5.41) is 0. The summed E-state index contributed by atoms with van der Waals surface area (Å²) in [6.45, 7) is 6.86. The van der Waals surface area contributed by atoms with Crippen LogP contribution >= 0.6 is 11.6 Å². The van der Waals surface area contributed by atoms with Gasteiger partial charge in [0.25, 0.3) is 0 Å². The van der Waals surface area contributed by atoms with Crippen LogP contribution in [0.2, 0.25) is 0 Å². The fourth-order valence-electron chi connectivity index (χ4n) is 2.27. The molecule has 1 saturated heterocycles. The Morgan fingerprint density at radius 3 is 2.94 bits per heavy atom. The lowest BCUT2D eigenvalue weighted by Crippen LogP contribution is -2.39. The summed E-state index contributed by atoms with van der Waals surface area (Å²) >= 11 is 5.95. The smallest absolute Gasteiger partial charge is 0.132 e. The van der Waals surface area contributed by atoms with E-state index in [0.717, 1.165) is 36.3 Å². The molecule has 1 aromatic heterocycles. The van der Waals surface area contributed by atoms with Gasteiger partial charge in [-0.1, -0.05) is 19.9 Å². The Bertz CT molecular complexity index is 354. The van der Waals surface area contributed by atoms with Crippen LogP contribution in [-0.4, -0.2) is 18.1 Å². The molecule has 1 aromatic rings. The van der Waals surface area contributed by atoms with Gasteiger partial charge in [-0.2, -0.15) is 0 Å². The third-order valence-corrected chi connectivity index (χ3v) is 3.93. The molecule has 0 spiro atoms. The zero-order valence-corrected chi connectivity index (χ0v) is 10.7. The fourth-order valence-corrected chi connectivity index (χ4v) is 2.48. The number of hydrogen-bond donors (Lipinski definition) is 0. The Labute approximate surface area is 103 Å². The highest BCUT2D eigenvalue weighted by Crippen LogP contribution is 2.28. The first-order chi connectivity index (χ1) is 7.72. The van der Waals surface area contributed by atoms with E-state index in [2.05, 4.69) is 29.8 Å². The van der Waals surface area contributed by atoms with Crippen LogP contribution in [0.15, 0.2) is 18.3 Å². The van der Waals surface area contributed by atoms with Crippen molar-refractivity contribution in [2.24, 2.45) is 11.8 Å². The molecule has 2 rings (SSSR count). The highest BCUT2D eigenvalue weighted by Gasteiger charge is 2.24. The predicted octanol–water partition coefficient (Wildman–Crippen LogP) is 3.30. The van der Waals surface area contributed by atoms with E-state index in [1.807, 2.05) is 12.3 Å². The molecule has 0 aliphatic carbocycles. The van der Waals surface area contributed by atoms with Gasteiger partial charge in [-0.3, -0.25) is 0 Å². The van der Waals surface area contributed by atoms with Crippen LogP contribution in [0.4, 0.5) is 5.82 Å². The Morgan fingerprint density at radius 1 is 1.44 bits per heavy atom. The van der Waals surface area contributed by atoms with E-state index in [4.69, 9.17) is 11.6 Å². The molecule has 2 heterocycles. The normalized spacial score (nSPS) is 25.8. The van der Waals surface area contributed by atoms with Gasteiger partial charge in [-0.25, -0.2) is 4.98 Å². The molecule has 1 aliphatic rings. The lowest BCUT2D eigenvalue weighted by molar-refractivity contribution is 0.322. The molecule has 3 heteroatoms. The minimum atomic E-state index is 0.545. The zero-order chi connectivity index (χ0) is 11.5. The predicted molar refractivity (Wildman–Crippen MR) is 69.0 cm³/mol. The van der Waals surface area contributed by atoms with E-state index in [1.165, 1.54) is 6.42 Å². The van der Waals surface area contributed by atoms with Crippen LogP contribution in [-0.2, 0) is 5.88 Å². The van der Waals surface area contributed by atoms with Crippen LogP contribution in [0, 0.1) is 11.8 Å². The lowest BCUT2D eigenvalue weighted by atomic mass is 9.88. The summed E-state index contributed by atoms with van der Waals surface area (Å²) in [6.07, 6.45) is 3.10. The highest BCUT2D eigenvalue weighted by atomic mass is 35.5. The van der Waals surface area contributed by atoms with Gasteiger partial charge in [0.1, 0.15) is 5.82 Å². The van der Waals surface area contributed by atoms with Crippen molar-refractivity contribution in [1.29, 1.82) is 0 Å². The second-order valence-electron chi connectivity index (χ2n) is 4.81. The molecule has 0 bridgehead atoms. The lowest BCUT2D eigenvalue weighted by Gasteiger charge is -2.36. The Hall–Kier alpha value is -0.760. The number of rotatable bonds is 2. The third kappa shape index (κ3) is 2.32. The van der Waals surface area contributed by atoms with E-state index >= 15 is 0 Å². The largest absolute Gasteiger partial charge is 0.356 e. The molecule has 0 N–H and O–H groups in total. The standard InChI is InChI=1S/C13H19ClN2/c1-10-5-7-16(9-11(10)2)13-12(8-14)4-3-6-15-13/h3-4,6,10-11H,5,7-9H2,1-2H3. The Morgan fingerprint density at radius 2 is 2.25 bits per heavy atom. The molecule has 0 aromatic carbocycles. The number of piperidine rings is 1. The first-order valence-electron chi connectivity index (χ1n) is 5.97. The number of alkyl halides is 1. The second-order valence-corrected chi connectivity index (χ2v) is 5.08. The summed E-state index contributed by atoms with van der Waals surface area (Å²) in [5.74, 6) is 3.18. The molecule has 16 heavy (non-hydrogen) atoms. The molecule has 0 radical (unpaired) electrons. The van der Waals surface area contributed by atoms with Gasteiger partial charge in [-0.15, -0.1) is 11.6 Å². The minimum absolute atomic E-state index is 0.545. The molecular formula is C13H19ClN2. The van der Waals surface area contributed by atoms with Gasteiger partial charge in [0.15, 0.2) is 0 Å². The third-order valence-electron chi connectivity index (χ3n) is 3.65. The van der Waals surface area contributed by atoms with Crippen molar-refractivity contribution in [3.63, 3.8) is 0 Å². The van der Waals surface area contributed by atoms with Crippen molar-refractivity contribution in [3.8, 4) is 0 Å². The van der Waals surface area contributed by atoms with E-state index in [0.29, 0.717) is 5.88 Å². The van der Waals surface area contributed by atoms with E-state index in [-0.39, 0.29) is 0 Å². The number of nitrogens with zero attached hydrogens (tertiary/aromatic N) is 2. The first-order valence-corrected chi connectivity index (χ1v) is 6.50. The van der Waals surface area contributed by atoms with Crippen molar-refractivity contribution >= 4 is 17.4 Å². The van der Waals surface area contributed by atoms with Crippen molar-refractivity contribution in [1.82, 2.24) is 4.98 Å². The van der Waals surface area contributed by atoms with Crippen LogP contribution < -0.4 is 4.90 Å². The fraction of sp³-hybridized carbons (Fsp3) is 0.615. The molecule has 2 unspecified atom stereocenters. The Balaban J connectivity index is 2.18. The van der Waals surface area contributed by atoms with Crippen LogP contribution in [0.3, 0.4) is 0 Å². The first kappa shape index (κ1) is 11.7. The van der Waals surface area contributed by atoms with E-state index in [9.17, 15) is 0 Å². The van der Waals surface area contributed by atoms with Crippen molar-refractivity contribution in [2.75, 3.05) is 18.0 Å². The number of anilines is 1. The molecule has 1 aliphatic heterocycles. The van der Waals surface area contributed by atoms with Crippen LogP contribution in [0.25, 0.3) is 0 Å². The quantitative estimate of drug-likeness (QED) is 0.735. The molecule has 2 atom stereocenters. The molecule has 0 saturated carbocycles. The Kier molecular flexibility index (Phi) is 3.70. The summed E-state index contributed by atoms with van der Waals surface area (Å²) < 4.78 is 0. The number of aromatic nitrogens is 1. The maximum atomic E-state index is 5.95. The molecule has 88 valence electrons. The summed E-state index contributed by atoms with van der Waals surface area (Å²) in [6, 6.07) is 4.02. The van der Waals surface area contributed by atoms with Crippen molar-refractivity contribution in [3.05, 3.63) is 23.9 Å². The van der Waals surface area contributed by atoms with Crippen LogP contribution in [0.5, 0.6) is 0 Å². The van der Waals surface area contributed by atoms with Gasteiger partial charge < -0.3 is 4.90 Å². The van der Waals surface area contributed by atoms with Gasteiger partial charge in [0, 0.05) is 24.8 Å². The summed E-state index contributed by atoms with van der Waals surface area (Å²) in [5.41, 5.74) is 1.14. The SMILES string of the molecule is CC1CCN(c2ncccc2CCl)CC1C. The van der Waals surface area contributed by atoms with Gasteiger partial charge >= 0.3 is 0 Å². The molecule has 2 nitrogen and oxygen atoms in total.